The van der Waals surface area contributed by atoms with Crippen LogP contribution in [0.1, 0.15) is 36.8 Å². The zero-order valence-corrected chi connectivity index (χ0v) is 18.3. The number of hydrogen-bond acceptors (Lipinski definition) is 5. The summed E-state index contributed by atoms with van der Waals surface area (Å²) in [6.45, 7) is 0.343. The number of thioether (sulfide) groups is 1. The number of hydrogen-bond donors (Lipinski definition) is 1. The average molecular weight is 443 g/mol. The standard InChI is InChI=1S/C23H23ClN2O3S/c1-28-20-12-15(10-11-19(20)29-14-16-6-2-5-9-18(16)24)13-21-22(27)26-23(30-21)25-17-7-3-4-8-17/h2,5-6,9-13,17H,3-4,7-8,14H2,1H3,(H,25,26,27)/b21-13-. The topological polar surface area (TPSA) is 59.9 Å². The van der Waals surface area contributed by atoms with Crippen LogP contribution in [0.25, 0.3) is 6.08 Å². The first-order valence-corrected chi connectivity index (χ1v) is 11.1. The zero-order valence-electron chi connectivity index (χ0n) is 16.7. The zero-order chi connectivity index (χ0) is 20.9. The van der Waals surface area contributed by atoms with E-state index in [0.717, 1.165) is 24.0 Å². The van der Waals surface area contributed by atoms with Gasteiger partial charge in [-0.25, -0.2) is 0 Å². The Morgan fingerprint density at radius 3 is 2.77 bits per heavy atom. The number of amidine groups is 1. The van der Waals surface area contributed by atoms with Crippen LogP contribution in [0.4, 0.5) is 0 Å². The molecule has 0 radical (unpaired) electrons. The van der Waals surface area contributed by atoms with E-state index in [1.807, 2.05) is 48.5 Å². The first-order chi connectivity index (χ1) is 14.6. The number of amides is 1. The third-order valence-corrected chi connectivity index (χ3v) is 6.39. The Hall–Kier alpha value is -2.44. The lowest BCUT2D eigenvalue weighted by Gasteiger charge is -2.12. The van der Waals surface area contributed by atoms with Gasteiger partial charge in [0.15, 0.2) is 16.7 Å². The average Bonchev–Trinajstić information content (AvgIpc) is 3.38. The van der Waals surface area contributed by atoms with Crippen LogP contribution in [0.15, 0.2) is 52.4 Å². The van der Waals surface area contributed by atoms with Gasteiger partial charge in [-0.2, -0.15) is 0 Å². The van der Waals surface area contributed by atoms with Crippen LogP contribution in [0.2, 0.25) is 5.02 Å². The molecule has 5 nitrogen and oxygen atoms in total. The summed E-state index contributed by atoms with van der Waals surface area (Å²) in [5.74, 6) is 1.10. The van der Waals surface area contributed by atoms with E-state index in [4.69, 9.17) is 21.1 Å². The van der Waals surface area contributed by atoms with Crippen LogP contribution in [0, 0.1) is 0 Å². The lowest BCUT2D eigenvalue weighted by Crippen LogP contribution is -2.21. The fourth-order valence-corrected chi connectivity index (χ4v) is 4.59. The van der Waals surface area contributed by atoms with Crippen molar-refractivity contribution in [3.8, 4) is 11.5 Å². The minimum Gasteiger partial charge on any atom is -0.493 e. The van der Waals surface area contributed by atoms with Crippen molar-refractivity contribution in [3.05, 3.63) is 63.5 Å². The monoisotopic (exact) mass is 442 g/mol. The second kappa shape index (κ2) is 9.58. The predicted octanol–water partition coefficient (Wildman–Crippen LogP) is 5.43. The molecule has 1 aliphatic heterocycles. The summed E-state index contributed by atoms with van der Waals surface area (Å²) in [7, 11) is 1.60. The van der Waals surface area contributed by atoms with E-state index >= 15 is 0 Å². The molecule has 1 saturated carbocycles. The highest BCUT2D eigenvalue weighted by atomic mass is 35.5. The lowest BCUT2D eigenvalue weighted by molar-refractivity contribution is -0.115. The van der Waals surface area contributed by atoms with E-state index in [1.54, 1.807) is 7.11 Å². The molecule has 1 heterocycles. The van der Waals surface area contributed by atoms with Gasteiger partial charge in [0.2, 0.25) is 0 Å². The van der Waals surface area contributed by atoms with Gasteiger partial charge in [-0.05, 0) is 54.4 Å². The molecule has 0 unspecified atom stereocenters. The van der Waals surface area contributed by atoms with Crippen LogP contribution in [0.3, 0.4) is 0 Å². The maximum atomic E-state index is 12.3. The number of carbonyl (C=O) groups excluding carboxylic acids is 1. The van der Waals surface area contributed by atoms with Gasteiger partial charge in [0.1, 0.15) is 6.61 Å². The first-order valence-electron chi connectivity index (χ1n) is 9.95. The van der Waals surface area contributed by atoms with Gasteiger partial charge in [0.25, 0.3) is 5.91 Å². The van der Waals surface area contributed by atoms with Gasteiger partial charge in [0, 0.05) is 10.6 Å². The molecule has 2 aliphatic rings. The Morgan fingerprint density at radius 1 is 1.20 bits per heavy atom. The lowest BCUT2D eigenvalue weighted by atomic mass is 10.2. The molecular weight excluding hydrogens is 420 g/mol. The number of methoxy groups -OCH3 is 1. The van der Waals surface area contributed by atoms with Crippen molar-refractivity contribution in [2.45, 2.75) is 38.3 Å². The Labute approximate surface area is 185 Å². The van der Waals surface area contributed by atoms with Gasteiger partial charge in [-0.1, -0.05) is 48.7 Å². The second-order valence-corrected chi connectivity index (χ2v) is 8.67. The molecule has 1 aliphatic carbocycles. The number of halogens is 1. The van der Waals surface area contributed by atoms with Crippen molar-refractivity contribution >= 4 is 40.5 Å². The smallest absolute Gasteiger partial charge is 0.264 e. The summed E-state index contributed by atoms with van der Waals surface area (Å²) in [5, 5.41) is 4.24. The van der Waals surface area contributed by atoms with E-state index in [0.29, 0.717) is 39.2 Å². The molecule has 0 spiro atoms. The molecule has 2 fully saturated rings. The molecule has 2 aromatic carbocycles. The molecule has 1 saturated heterocycles. The number of rotatable bonds is 6. The van der Waals surface area contributed by atoms with Gasteiger partial charge in [0.05, 0.1) is 18.1 Å². The summed E-state index contributed by atoms with van der Waals surface area (Å²) >= 11 is 7.59. The van der Waals surface area contributed by atoms with E-state index < -0.39 is 0 Å². The predicted molar refractivity (Wildman–Crippen MR) is 122 cm³/mol. The molecule has 0 bridgehead atoms. The summed E-state index contributed by atoms with van der Waals surface area (Å²) in [6.07, 6.45) is 6.48. The maximum absolute atomic E-state index is 12.3. The van der Waals surface area contributed by atoms with Crippen LogP contribution < -0.4 is 14.8 Å². The molecule has 7 heteroatoms. The number of nitrogens with zero attached hydrogens (tertiary/aromatic N) is 1. The Morgan fingerprint density at radius 2 is 2.00 bits per heavy atom. The van der Waals surface area contributed by atoms with Gasteiger partial charge >= 0.3 is 0 Å². The van der Waals surface area contributed by atoms with Crippen molar-refractivity contribution in [1.29, 1.82) is 0 Å². The summed E-state index contributed by atoms with van der Waals surface area (Å²) in [5.41, 5.74) is 1.76. The quantitative estimate of drug-likeness (QED) is 0.606. The Bertz CT molecular complexity index is 1000. The first kappa shape index (κ1) is 20.8. The molecule has 2 aromatic rings. The molecular formula is C23H23ClN2O3S. The molecule has 1 amide bonds. The van der Waals surface area contributed by atoms with Gasteiger partial charge in [-0.3, -0.25) is 9.79 Å². The third kappa shape index (κ3) is 4.99. The number of aliphatic imine (C=N–C) groups is 1. The highest BCUT2D eigenvalue weighted by Crippen LogP contribution is 2.33. The van der Waals surface area contributed by atoms with Crippen LogP contribution >= 0.6 is 23.4 Å². The molecule has 4 rings (SSSR count). The van der Waals surface area contributed by atoms with Crippen molar-refractivity contribution < 1.29 is 14.3 Å². The molecule has 30 heavy (non-hydrogen) atoms. The number of carbonyl (C=O) groups is 1. The highest BCUT2D eigenvalue weighted by Gasteiger charge is 2.25. The van der Waals surface area contributed by atoms with Crippen molar-refractivity contribution in [1.82, 2.24) is 5.32 Å². The van der Waals surface area contributed by atoms with E-state index in [-0.39, 0.29) is 5.91 Å². The second-order valence-electron chi connectivity index (χ2n) is 7.23. The number of benzene rings is 2. The molecule has 0 atom stereocenters. The van der Waals surface area contributed by atoms with Gasteiger partial charge < -0.3 is 14.8 Å². The maximum Gasteiger partial charge on any atom is 0.264 e. The fourth-order valence-electron chi connectivity index (χ4n) is 3.50. The van der Waals surface area contributed by atoms with Gasteiger partial charge in [-0.15, -0.1) is 0 Å². The molecule has 1 N–H and O–H groups in total. The van der Waals surface area contributed by atoms with Crippen LogP contribution in [-0.4, -0.2) is 24.2 Å². The highest BCUT2D eigenvalue weighted by molar-refractivity contribution is 8.18. The van der Waals surface area contributed by atoms with E-state index in [9.17, 15) is 4.79 Å². The minimum atomic E-state index is -0.116. The minimum absolute atomic E-state index is 0.116. The van der Waals surface area contributed by atoms with E-state index in [1.165, 1.54) is 24.6 Å². The number of nitrogens with one attached hydrogen (secondary N) is 1. The Balaban J connectivity index is 1.47. The summed E-state index contributed by atoms with van der Waals surface area (Å²) < 4.78 is 11.4. The Kier molecular flexibility index (Phi) is 6.65. The van der Waals surface area contributed by atoms with Crippen molar-refractivity contribution in [2.75, 3.05) is 7.11 Å². The van der Waals surface area contributed by atoms with Crippen molar-refractivity contribution in [2.24, 2.45) is 4.99 Å². The summed E-state index contributed by atoms with van der Waals surface area (Å²) in [4.78, 5) is 17.6. The number of ether oxygens (including phenoxy) is 2. The van der Waals surface area contributed by atoms with Crippen LogP contribution in [-0.2, 0) is 11.4 Å². The normalized spacial score (nSPS) is 19.5. The van der Waals surface area contributed by atoms with Crippen LogP contribution in [0.5, 0.6) is 11.5 Å². The molecule has 0 aromatic heterocycles. The van der Waals surface area contributed by atoms with Crippen molar-refractivity contribution in [3.63, 3.8) is 0 Å². The fraction of sp³-hybridized carbons (Fsp3) is 0.304. The summed E-state index contributed by atoms with van der Waals surface area (Å²) in [6, 6.07) is 13.5. The third-order valence-electron chi connectivity index (χ3n) is 5.10. The van der Waals surface area contributed by atoms with E-state index in [2.05, 4.69) is 10.3 Å². The SMILES string of the molecule is COc1cc(/C=C2\SC(=NC3CCCC3)NC2=O)ccc1OCc1ccccc1Cl. The largest absolute Gasteiger partial charge is 0.493 e. The molecule has 156 valence electrons.